The second-order valence-corrected chi connectivity index (χ2v) is 9.99. The van der Waals surface area contributed by atoms with Crippen LogP contribution in [-0.2, 0) is 14.2 Å². The maximum absolute atomic E-state index is 13.3. The van der Waals surface area contributed by atoms with Gasteiger partial charge in [-0.25, -0.2) is 24.5 Å². The van der Waals surface area contributed by atoms with Crippen LogP contribution in [0.4, 0.5) is 5.82 Å². The predicted molar refractivity (Wildman–Crippen MR) is 146 cm³/mol. The van der Waals surface area contributed by atoms with Gasteiger partial charge in [0.25, 0.3) is 5.56 Å². The number of anilines is 1. The number of nitrogens with zero attached hydrogens (tertiary/aromatic N) is 4. The number of aryl methyl sites for hydroxylation is 2. The van der Waals surface area contributed by atoms with E-state index < -0.39 is 35.9 Å². The van der Waals surface area contributed by atoms with Gasteiger partial charge in [0, 0.05) is 16.5 Å². The fraction of sp³-hybridized carbons (Fsp3) is 0.259. The molecule has 40 heavy (non-hydrogen) atoms. The molecule has 0 aliphatic carbocycles. The summed E-state index contributed by atoms with van der Waals surface area (Å²) in [5.74, 6) is -0.812. The normalized spacial score (nSPS) is 18.6. The van der Waals surface area contributed by atoms with Crippen LogP contribution in [0.2, 0.25) is 10.0 Å². The van der Waals surface area contributed by atoms with E-state index >= 15 is 0 Å². The summed E-state index contributed by atoms with van der Waals surface area (Å²) in [6.45, 7) is 2.91. The lowest BCUT2D eigenvalue weighted by Gasteiger charge is -2.19. The molecule has 0 radical (unpaired) electrons. The molecule has 206 valence electrons. The summed E-state index contributed by atoms with van der Waals surface area (Å²) in [5.41, 5.74) is 6.72. The number of rotatable bonds is 6. The number of nitrogens with two attached hydrogens (primary N) is 1. The van der Waals surface area contributed by atoms with Crippen LogP contribution < -0.4 is 11.3 Å². The van der Waals surface area contributed by atoms with Crippen molar-refractivity contribution >= 4 is 52.1 Å². The Balaban J connectivity index is 1.46. The molecule has 0 amide bonds. The molecular weight excluding hydrogens is 561 g/mol. The fourth-order valence-corrected chi connectivity index (χ4v) is 4.60. The van der Waals surface area contributed by atoms with Crippen LogP contribution in [0.1, 0.15) is 44.9 Å². The lowest BCUT2D eigenvalue weighted by atomic mass is 10.1. The van der Waals surface area contributed by atoms with Gasteiger partial charge in [-0.15, -0.1) is 0 Å². The molecule has 1 aliphatic rings. The Labute approximate surface area is 237 Å². The largest absolute Gasteiger partial charge is 0.459 e. The molecule has 1 saturated heterocycles. The summed E-state index contributed by atoms with van der Waals surface area (Å²) in [4.78, 5) is 51.7. The first-order valence-corrected chi connectivity index (χ1v) is 12.9. The minimum absolute atomic E-state index is 0.0594. The van der Waals surface area contributed by atoms with Crippen molar-refractivity contribution in [2.45, 2.75) is 38.7 Å². The van der Waals surface area contributed by atoms with Crippen molar-refractivity contribution < 1.29 is 23.8 Å². The number of nitrogen functional groups attached to an aromatic ring is 1. The number of aromatic nitrogens is 4. The van der Waals surface area contributed by atoms with Crippen molar-refractivity contribution in [3.63, 3.8) is 0 Å². The Kier molecular flexibility index (Phi) is 7.70. The molecule has 1 unspecified atom stereocenters. The zero-order valence-corrected chi connectivity index (χ0v) is 22.8. The average Bonchev–Trinajstić information content (AvgIpc) is 3.31. The Hall–Kier alpha value is -4.06. The van der Waals surface area contributed by atoms with Gasteiger partial charge < -0.3 is 19.9 Å². The molecule has 3 heterocycles. The summed E-state index contributed by atoms with van der Waals surface area (Å²) in [6, 6.07) is 12.4. The molecule has 2 aromatic carbocycles. The molecule has 2 aromatic heterocycles. The third-order valence-electron chi connectivity index (χ3n) is 6.31. The maximum atomic E-state index is 13.3. The number of carbonyl (C=O) groups is 2. The number of hydrogen-bond donors (Lipinski definition) is 1. The summed E-state index contributed by atoms with van der Waals surface area (Å²) < 4.78 is 18.8. The van der Waals surface area contributed by atoms with Gasteiger partial charge in [-0.3, -0.25) is 9.36 Å². The van der Waals surface area contributed by atoms with Crippen molar-refractivity contribution in [3.8, 4) is 0 Å². The lowest BCUT2D eigenvalue weighted by molar-refractivity contribution is -0.0570. The third-order valence-corrected chi connectivity index (χ3v) is 6.81. The van der Waals surface area contributed by atoms with Crippen LogP contribution in [0.25, 0.3) is 11.2 Å². The minimum Gasteiger partial charge on any atom is -0.459 e. The highest BCUT2D eigenvalue weighted by molar-refractivity contribution is 6.31. The van der Waals surface area contributed by atoms with E-state index in [1.807, 2.05) is 0 Å². The smallest absolute Gasteiger partial charge is 0.338 e. The molecule has 3 atom stereocenters. The molecule has 1 fully saturated rings. The Bertz CT molecular complexity index is 1660. The molecule has 0 saturated carbocycles. The fourth-order valence-electron chi connectivity index (χ4n) is 4.35. The topological polar surface area (TPSA) is 149 Å². The van der Waals surface area contributed by atoms with Crippen LogP contribution in [0.15, 0.2) is 53.3 Å². The van der Waals surface area contributed by atoms with Crippen molar-refractivity contribution in [3.05, 3.63) is 91.6 Å². The SMILES string of the molecule is Cc1nc(N)c2nc(C)c(=O)n(C3C[C@H](OC(=O)c4ccc(Cl)cc4)[C@@H](COC(=O)c4ccc(Cl)cc4)O3)c2n1. The van der Waals surface area contributed by atoms with Crippen molar-refractivity contribution in [2.75, 3.05) is 12.3 Å². The van der Waals surface area contributed by atoms with Crippen LogP contribution >= 0.6 is 23.2 Å². The number of esters is 2. The molecule has 5 rings (SSSR count). The van der Waals surface area contributed by atoms with Crippen molar-refractivity contribution in [2.24, 2.45) is 0 Å². The average molecular weight is 584 g/mol. The van der Waals surface area contributed by atoms with Gasteiger partial charge in [-0.05, 0) is 62.4 Å². The minimum atomic E-state index is -0.937. The Morgan fingerprint density at radius 2 is 1.57 bits per heavy atom. The first kappa shape index (κ1) is 27.5. The quantitative estimate of drug-likeness (QED) is 0.329. The van der Waals surface area contributed by atoms with E-state index in [2.05, 4.69) is 15.0 Å². The van der Waals surface area contributed by atoms with Gasteiger partial charge in [0.2, 0.25) is 0 Å². The van der Waals surface area contributed by atoms with Gasteiger partial charge in [-0.1, -0.05) is 23.2 Å². The second kappa shape index (κ2) is 11.2. The van der Waals surface area contributed by atoms with Gasteiger partial charge in [0.05, 0.1) is 11.1 Å². The van der Waals surface area contributed by atoms with Gasteiger partial charge >= 0.3 is 11.9 Å². The Morgan fingerprint density at radius 3 is 2.20 bits per heavy atom. The summed E-state index contributed by atoms with van der Waals surface area (Å²) in [5, 5.41) is 0.932. The highest BCUT2D eigenvalue weighted by atomic mass is 35.5. The van der Waals surface area contributed by atoms with Crippen molar-refractivity contribution in [1.29, 1.82) is 0 Å². The van der Waals surface area contributed by atoms with E-state index in [-0.39, 0.29) is 46.8 Å². The molecular formula is C27H23Cl2N5O6. The molecule has 11 nitrogen and oxygen atoms in total. The Morgan fingerprint density at radius 1 is 0.975 bits per heavy atom. The van der Waals surface area contributed by atoms with Crippen LogP contribution in [0.5, 0.6) is 0 Å². The number of carbonyl (C=O) groups excluding carboxylic acids is 2. The number of ether oxygens (including phenoxy) is 3. The van der Waals surface area contributed by atoms with E-state index in [1.165, 1.54) is 35.8 Å². The molecule has 0 spiro atoms. The lowest BCUT2D eigenvalue weighted by Crippen LogP contribution is -2.32. The zero-order valence-electron chi connectivity index (χ0n) is 21.3. The van der Waals surface area contributed by atoms with E-state index in [0.29, 0.717) is 15.9 Å². The van der Waals surface area contributed by atoms with Gasteiger partial charge in [0.1, 0.15) is 42.1 Å². The third kappa shape index (κ3) is 5.62. The van der Waals surface area contributed by atoms with E-state index in [4.69, 9.17) is 43.1 Å². The monoisotopic (exact) mass is 583 g/mol. The second-order valence-electron chi connectivity index (χ2n) is 9.12. The number of hydrogen-bond acceptors (Lipinski definition) is 10. The molecule has 13 heteroatoms. The van der Waals surface area contributed by atoms with E-state index in [0.717, 1.165) is 0 Å². The highest BCUT2D eigenvalue weighted by Gasteiger charge is 2.41. The molecule has 0 bridgehead atoms. The zero-order chi connectivity index (χ0) is 28.6. The first-order valence-electron chi connectivity index (χ1n) is 12.2. The highest BCUT2D eigenvalue weighted by Crippen LogP contribution is 2.33. The first-order chi connectivity index (χ1) is 19.1. The van der Waals surface area contributed by atoms with Gasteiger partial charge in [-0.2, -0.15) is 0 Å². The summed E-state index contributed by atoms with van der Waals surface area (Å²) in [7, 11) is 0. The van der Waals surface area contributed by atoms with E-state index in [9.17, 15) is 14.4 Å². The maximum Gasteiger partial charge on any atom is 0.338 e. The number of fused-ring (bicyclic) bond motifs is 1. The molecule has 2 N–H and O–H groups in total. The van der Waals surface area contributed by atoms with Gasteiger partial charge in [0.15, 0.2) is 11.5 Å². The summed E-state index contributed by atoms with van der Waals surface area (Å²) >= 11 is 11.8. The van der Waals surface area contributed by atoms with Crippen molar-refractivity contribution in [1.82, 2.24) is 19.5 Å². The van der Waals surface area contributed by atoms with Crippen LogP contribution in [0, 0.1) is 13.8 Å². The van der Waals surface area contributed by atoms with E-state index in [1.54, 1.807) is 31.2 Å². The molecule has 4 aromatic rings. The molecule has 1 aliphatic heterocycles. The predicted octanol–water partition coefficient (Wildman–Crippen LogP) is 4.06. The summed E-state index contributed by atoms with van der Waals surface area (Å²) in [6.07, 6.45) is -2.67. The number of benzene rings is 2. The van der Waals surface area contributed by atoms with Crippen LogP contribution in [-0.4, -0.2) is 50.3 Å². The number of halogens is 2. The van der Waals surface area contributed by atoms with Crippen LogP contribution in [0.3, 0.4) is 0 Å². The standard InChI is InChI=1S/C27H23Cl2N5O6/c1-13-25(35)34(24-22(31-13)23(30)32-14(2)33-24)21-11-19(40-27(37)16-5-9-18(29)10-6-16)20(39-21)12-38-26(36)15-3-7-17(28)8-4-15/h3-10,19-21H,11-12H2,1-2H3,(H2,30,32,33)/t19-,20+,21?/m0/s1.